The van der Waals surface area contributed by atoms with Crippen LogP contribution in [0.4, 0.5) is 0 Å². The lowest BCUT2D eigenvalue weighted by atomic mass is 10.0. The van der Waals surface area contributed by atoms with Gasteiger partial charge < -0.3 is 4.52 Å². The Balaban J connectivity index is 1.69. The lowest BCUT2D eigenvalue weighted by Gasteiger charge is -2.33. The molecule has 124 valence electrons. The van der Waals surface area contributed by atoms with Gasteiger partial charge in [-0.25, -0.2) is 0 Å². The van der Waals surface area contributed by atoms with Crippen LogP contribution in [-0.2, 0) is 13.0 Å². The third-order valence-electron chi connectivity index (χ3n) is 4.34. The van der Waals surface area contributed by atoms with Gasteiger partial charge in [0.25, 0.3) is 0 Å². The molecule has 1 aliphatic heterocycles. The van der Waals surface area contributed by atoms with Crippen molar-refractivity contribution in [2.45, 2.75) is 59.0 Å². The minimum Gasteiger partial charge on any atom is -0.340 e. The van der Waals surface area contributed by atoms with Crippen molar-refractivity contribution in [3.05, 3.63) is 41.3 Å². The first-order chi connectivity index (χ1) is 11.1. The fraction of sp³-hybridized carbons (Fsp3) is 0.611. The Morgan fingerprint density at radius 2 is 2.17 bits per heavy atom. The molecule has 0 bridgehead atoms. The molecule has 0 N–H and O–H groups in total. The van der Waals surface area contributed by atoms with E-state index < -0.39 is 0 Å². The first-order valence-corrected chi connectivity index (χ1v) is 8.60. The Kier molecular flexibility index (Phi) is 5.06. The van der Waals surface area contributed by atoms with Crippen LogP contribution in [0.1, 0.15) is 62.1 Å². The predicted molar refractivity (Wildman–Crippen MR) is 88.8 cm³/mol. The van der Waals surface area contributed by atoms with Gasteiger partial charge in [0, 0.05) is 25.4 Å². The van der Waals surface area contributed by atoms with Gasteiger partial charge in [0.2, 0.25) is 5.89 Å². The average Bonchev–Trinajstić information content (AvgIpc) is 2.96. The molecule has 2 aromatic heterocycles. The fourth-order valence-corrected chi connectivity index (χ4v) is 3.25. The normalized spacial score (nSPS) is 19.4. The monoisotopic (exact) mass is 314 g/mol. The largest absolute Gasteiger partial charge is 0.340 e. The molecule has 1 aliphatic rings. The molecule has 5 nitrogen and oxygen atoms in total. The lowest BCUT2D eigenvalue weighted by Crippen LogP contribution is -2.33. The molecular formula is C18H26N4O. The molecule has 1 atom stereocenters. The number of rotatable bonds is 5. The van der Waals surface area contributed by atoms with Crippen molar-refractivity contribution in [2.75, 3.05) is 6.54 Å². The topological polar surface area (TPSA) is 55.1 Å². The van der Waals surface area contributed by atoms with Gasteiger partial charge in [-0.3, -0.25) is 9.88 Å². The predicted octanol–water partition coefficient (Wildman–Crippen LogP) is 3.70. The molecule has 23 heavy (non-hydrogen) atoms. The number of aromatic nitrogens is 3. The van der Waals surface area contributed by atoms with Gasteiger partial charge in [-0.1, -0.05) is 31.5 Å². The molecule has 0 spiro atoms. The molecule has 1 unspecified atom stereocenters. The second-order valence-electron chi connectivity index (χ2n) is 6.91. The van der Waals surface area contributed by atoms with Crippen LogP contribution in [0.15, 0.2) is 22.9 Å². The van der Waals surface area contributed by atoms with Crippen molar-refractivity contribution in [3.8, 4) is 0 Å². The summed E-state index contributed by atoms with van der Waals surface area (Å²) >= 11 is 0. The summed E-state index contributed by atoms with van der Waals surface area (Å²) in [5.74, 6) is 2.11. The fourth-order valence-electron chi connectivity index (χ4n) is 3.25. The van der Waals surface area contributed by atoms with Crippen molar-refractivity contribution in [1.82, 2.24) is 20.0 Å². The van der Waals surface area contributed by atoms with Crippen molar-refractivity contribution in [3.63, 3.8) is 0 Å². The standard InChI is InChI=1S/C18H26N4O/c1-13(2)10-16-8-7-15(11-19-16)12-22-9-5-4-6-17(22)18-20-14(3)23-21-18/h7-8,11,13,17H,4-6,9-10,12H2,1-3H3. The second kappa shape index (κ2) is 7.21. The molecule has 3 rings (SSSR count). The summed E-state index contributed by atoms with van der Waals surface area (Å²) in [6.45, 7) is 8.27. The smallest absolute Gasteiger partial charge is 0.223 e. The van der Waals surface area contributed by atoms with Crippen LogP contribution in [0, 0.1) is 12.8 Å². The highest BCUT2D eigenvalue weighted by Gasteiger charge is 2.27. The molecule has 0 aromatic carbocycles. The molecule has 1 fully saturated rings. The van der Waals surface area contributed by atoms with E-state index in [9.17, 15) is 0 Å². The van der Waals surface area contributed by atoms with E-state index in [2.05, 4.69) is 46.0 Å². The van der Waals surface area contributed by atoms with Crippen LogP contribution in [0.25, 0.3) is 0 Å². The summed E-state index contributed by atoms with van der Waals surface area (Å²) in [7, 11) is 0. The highest BCUT2D eigenvalue weighted by Crippen LogP contribution is 2.30. The van der Waals surface area contributed by atoms with Gasteiger partial charge in [-0.05, 0) is 43.4 Å². The highest BCUT2D eigenvalue weighted by atomic mass is 16.5. The second-order valence-corrected chi connectivity index (χ2v) is 6.91. The molecule has 2 aromatic rings. The van der Waals surface area contributed by atoms with E-state index in [0.29, 0.717) is 11.8 Å². The number of hydrogen-bond donors (Lipinski definition) is 0. The molecule has 3 heterocycles. The van der Waals surface area contributed by atoms with Crippen LogP contribution >= 0.6 is 0 Å². The van der Waals surface area contributed by atoms with E-state index in [0.717, 1.165) is 31.8 Å². The summed E-state index contributed by atoms with van der Waals surface area (Å²) in [6.07, 6.45) is 6.60. The number of likely N-dealkylation sites (tertiary alicyclic amines) is 1. The lowest BCUT2D eigenvalue weighted by molar-refractivity contribution is 0.131. The maximum atomic E-state index is 5.17. The zero-order valence-corrected chi connectivity index (χ0v) is 14.3. The number of piperidine rings is 1. The van der Waals surface area contributed by atoms with E-state index in [-0.39, 0.29) is 6.04 Å². The molecular weight excluding hydrogens is 288 g/mol. The van der Waals surface area contributed by atoms with Gasteiger partial charge in [-0.2, -0.15) is 4.98 Å². The molecule has 1 saturated heterocycles. The maximum absolute atomic E-state index is 5.17. The van der Waals surface area contributed by atoms with Gasteiger partial charge in [0.05, 0.1) is 6.04 Å². The summed E-state index contributed by atoms with van der Waals surface area (Å²) in [5, 5.41) is 4.13. The van der Waals surface area contributed by atoms with Crippen LogP contribution in [-0.4, -0.2) is 26.6 Å². The van der Waals surface area contributed by atoms with Crippen LogP contribution in [0.2, 0.25) is 0 Å². The van der Waals surface area contributed by atoms with Gasteiger partial charge >= 0.3 is 0 Å². The Hall–Kier alpha value is -1.75. The Labute approximate surface area is 138 Å². The van der Waals surface area contributed by atoms with E-state index in [4.69, 9.17) is 4.52 Å². The minimum atomic E-state index is 0.261. The van der Waals surface area contributed by atoms with E-state index in [1.807, 2.05) is 13.1 Å². The van der Waals surface area contributed by atoms with E-state index in [1.165, 1.54) is 24.1 Å². The summed E-state index contributed by atoms with van der Waals surface area (Å²) in [4.78, 5) is 11.5. The summed E-state index contributed by atoms with van der Waals surface area (Å²) in [5.41, 5.74) is 2.43. The zero-order chi connectivity index (χ0) is 16.2. The quantitative estimate of drug-likeness (QED) is 0.842. The number of nitrogens with zero attached hydrogens (tertiary/aromatic N) is 4. The minimum absolute atomic E-state index is 0.261. The average molecular weight is 314 g/mol. The Morgan fingerprint density at radius 3 is 2.83 bits per heavy atom. The SMILES string of the molecule is Cc1nc(C2CCCCN2Cc2ccc(CC(C)C)nc2)no1. The first-order valence-electron chi connectivity index (χ1n) is 8.60. The molecule has 0 radical (unpaired) electrons. The number of hydrogen-bond acceptors (Lipinski definition) is 5. The molecule has 0 amide bonds. The zero-order valence-electron chi connectivity index (χ0n) is 14.3. The Morgan fingerprint density at radius 1 is 1.30 bits per heavy atom. The highest BCUT2D eigenvalue weighted by molar-refractivity contribution is 5.15. The van der Waals surface area contributed by atoms with Gasteiger partial charge in [-0.15, -0.1) is 0 Å². The Bertz CT molecular complexity index is 620. The number of pyridine rings is 1. The number of aryl methyl sites for hydroxylation is 1. The van der Waals surface area contributed by atoms with Crippen LogP contribution in [0.3, 0.4) is 0 Å². The van der Waals surface area contributed by atoms with Gasteiger partial charge in [0.1, 0.15) is 0 Å². The third kappa shape index (κ3) is 4.16. The van der Waals surface area contributed by atoms with Crippen molar-refractivity contribution >= 4 is 0 Å². The van der Waals surface area contributed by atoms with E-state index in [1.54, 1.807) is 0 Å². The summed E-state index contributed by atoms with van der Waals surface area (Å²) < 4.78 is 5.17. The van der Waals surface area contributed by atoms with Crippen molar-refractivity contribution in [2.24, 2.45) is 5.92 Å². The van der Waals surface area contributed by atoms with E-state index >= 15 is 0 Å². The molecule has 5 heteroatoms. The molecule has 0 aliphatic carbocycles. The first kappa shape index (κ1) is 16.1. The van der Waals surface area contributed by atoms with Crippen LogP contribution < -0.4 is 0 Å². The van der Waals surface area contributed by atoms with Crippen LogP contribution in [0.5, 0.6) is 0 Å². The maximum Gasteiger partial charge on any atom is 0.223 e. The van der Waals surface area contributed by atoms with Crippen molar-refractivity contribution in [1.29, 1.82) is 0 Å². The van der Waals surface area contributed by atoms with Gasteiger partial charge in [0.15, 0.2) is 5.82 Å². The summed E-state index contributed by atoms with van der Waals surface area (Å²) in [6, 6.07) is 4.63. The third-order valence-corrected chi connectivity index (χ3v) is 4.34. The van der Waals surface area contributed by atoms with Crippen molar-refractivity contribution < 1.29 is 4.52 Å². The molecule has 0 saturated carbocycles.